The average molecular weight is 326 g/mol. The molecule has 0 aromatic heterocycles. The Bertz CT molecular complexity index is 480. The zero-order valence-electron chi connectivity index (χ0n) is 13.0. The summed E-state index contributed by atoms with van der Waals surface area (Å²) < 4.78 is 0. The number of rotatable bonds is 8. The molecular formula is C16H24ClN3O2. The monoisotopic (exact) mass is 325 g/mol. The van der Waals surface area contributed by atoms with Gasteiger partial charge in [0.05, 0.1) is 0 Å². The number of halogens is 1. The Kier molecular flexibility index (Phi) is 9.07. The number of benzene rings is 1. The number of carbonyl (C=O) groups excluding carboxylic acids is 2. The van der Waals surface area contributed by atoms with Gasteiger partial charge in [-0.1, -0.05) is 56.7 Å². The van der Waals surface area contributed by atoms with Crippen LogP contribution in [-0.4, -0.2) is 11.9 Å². The summed E-state index contributed by atoms with van der Waals surface area (Å²) in [6, 6.07) is 6.28. The van der Waals surface area contributed by atoms with Gasteiger partial charge >= 0.3 is 6.03 Å². The van der Waals surface area contributed by atoms with Crippen LogP contribution in [-0.2, 0) is 4.79 Å². The second-order valence-corrected chi connectivity index (χ2v) is 5.59. The van der Waals surface area contributed by atoms with Crippen molar-refractivity contribution in [3.05, 3.63) is 29.3 Å². The van der Waals surface area contributed by atoms with E-state index in [-0.39, 0.29) is 5.91 Å². The Hall–Kier alpha value is -1.75. The smallest absolute Gasteiger partial charge is 0.307 e. The molecule has 1 rings (SSSR count). The Morgan fingerprint density at radius 3 is 2.50 bits per heavy atom. The van der Waals surface area contributed by atoms with E-state index in [0.29, 0.717) is 17.1 Å². The van der Waals surface area contributed by atoms with Crippen LogP contribution >= 0.6 is 11.6 Å². The van der Waals surface area contributed by atoms with Gasteiger partial charge in [-0.3, -0.25) is 10.2 Å². The van der Waals surface area contributed by atoms with E-state index in [4.69, 9.17) is 11.6 Å². The minimum atomic E-state index is -0.501. The van der Waals surface area contributed by atoms with Crippen molar-refractivity contribution in [2.45, 2.75) is 51.9 Å². The van der Waals surface area contributed by atoms with E-state index >= 15 is 0 Å². The summed E-state index contributed by atoms with van der Waals surface area (Å²) in [5.41, 5.74) is 5.27. The fourth-order valence-electron chi connectivity index (χ4n) is 1.98. The maximum Gasteiger partial charge on any atom is 0.337 e. The second kappa shape index (κ2) is 10.9. The first-order valence-electron chi connectivity index (χ1n) is 7.73. The zero-order chi connectivity index (χ0) is 16.2. The molecule has 22 heavy (non-hydrogen) atoms. The molecule has 6 heteroatoms. The fraction of sp³-hybridized carbons (Fsp3) is 0.500. The number of nitrogens with one attached hydrogen (secondary N) is 3. The fourth-order valence-corrected chi connectivity index (χ4v) is 2.17. The molecule has 1 aromatic carbocycles. The quantitative estimate of drug-likeness (QED) is 0.494. The van der Waals surface area contributed by atoms with Crippen LogP contribution in [0.4, 0.5) is 10.5 Å². The number of anilines is 1. The first kappa shape index (κ1) is 18.3. The summed E-state index contributed by atoms with van der Waals surface area (Å²) in [6.45, 7) is 2.17. The maximum absolute atomic E-state index is 11.6. The number of carbonyl (C=O) groups is 2. The summed E-state index contributed by atoms with van der Waals surface area (Å²) in [7, 11) is 0. The van der Waals surface area contributed by atoms with Gasteiger partial charge in [0.15, 0.2) is 0 Å². The predicted molar refractivity (Wildman–Crippen MR) is 89.7 cm³/mol. The highest BCUT2D eigenvalue weighted by Crippen LogP contribution is 2.14. The summed E-state index contributed by atoms with van der Waals surface area (Å²) in [6.07, 6.45) is 7.14. The molecule has 0 saturated heterocycles. The summed E-state index contributed by atoms with van der Waals surface area (Å²) in [5, 5.41) is 3.11. The van der Waals surface area contributed by atoms with Crippen LogP contribution in [0.25, 0.3) is 0 Å². The average Bonchev–Trinajstić information content (AvgIpc) is 2.49. The molecular weight excluding hydrogens is 302 g/mol. The van der Waals surface area contributed by atoms with Crippen LogP contribution in [0.15, 0.2) is 24.3 Å². The molecule has 0 aliphatic rings. The third-order valence-corrected chi connectivity index (χ3v) is 3.39. The van der Waals surface area contributed by atoms with Crippen molar-refractivity contribution < 1.29 is 9.59 Å². The van der Waals surface area contributed by atoms with Gasteiger partial charge in [-0.05, 0) is 24.6 Å². The lowest BCUT2D eigenvalue weighted by Crippen LogP contribution is -2.43. The van der Waals surface area contributed by atoms with Crippen LogP contribution in [0.3, 0.4) is 0 Å². The number of unbranched alkanes of at least 4 members (excludes halogenated alkanes) is 5. The van der Waals surface area contributed by atoms with Crippen molar-refractivity contribution in [3.63, 3.8) is 0 Å². The number of hydrogen-bond acceptors (Lipinski definition) is 2. The van der Waals surface area contributed by atoms with Crippen molar-refractivity contribution >= 4 is 29.2 Å². The Balaban J connectivity index is 2.11. The highest BCUT2D eigenvalue weighted by Gasteiger charge is 2.05. The third kappa shape index (κ3) is 8.52. The largest absolute Gasteiger partial charge is 0.337 e. The highest BCUT2D eigenvalue weighted by atomic mass is 35.5. The van der Waals surface area contributed by atoms with Gasteiger partial charge in [0, 0.05) is 17.1 Å². The van der Waals surface area contributed by atoms with E-state index in [2.05, 4.69) is 23.1 Å². The molecule has 3 N–H and O–H groups in total. The van der Waals surface area contributed by atoms with Gasteiger partial charge in [-0.2, -0.15) is 0 Å². The molecule has 3 amide bonds. The van der Waals surface area contributed by atoms with Crippen LogP contribution in [0, 0.1) is 0 Å². The number of hydrogen-bond donors (Lipinski definition) is 3. The second-order valence-electron chi connectivity index (χ2n) is 5.16. The predicted octanol–water partition coefficient (Wildman–Crippen LogP) is 4.24. The SMILES string of the molecule is CCCCCCCCC(=O)NNC(=O)Nc1cccc(Cl)c1. The summed E-state index contributed by atoms with van der Waals surface area (Å²) in [4.78, 5) is 23.2. The lowest BCUT2D eigenvalue weighted by atomic mass is 10.1. The topological polar surface area (TPSA) is 70.2 Å². The van der Waals surface area contributed by atoms with Crippen molar-refractivity contribution in [2.75, 3.05) is 5.32 Å². The lowest BCUT2D eigenvalue weighted by Gasteiger charge is -2.09. The highest BCUT2D eigenvalue weighted by molar-refractivity contribution is 6.30. The molecule has 0 unspecified atom stereocenters. The van der Waals surface area contributed by atoms with E-state index in [0.717, 1.165) is 19.3 Å². The standard InChI is InChI=1S/C16H24ClN3O2/c1-2-3-4-5-6-7-11-15(21)19-20-16(22)18-14-10-8-9-13(17)12-14/h8-10,12H,2-7,11H2,1H3,(H,19,21)(H2,18,20,22). The number of amides is 3. The van der Waals surface area contributed by atoms with Crippen molar-refractivity contribution in [1.29, 1.82) is 0 Å². The normalized spacial score (nSPS) is 10.1. The van der Waals surface area contributed by atoms with Gasteiger partial charge in [0.2, 0.25) is 5.91 Å². The van der Waals surface area contributed by atoms with Crippen LogP contribution in [0.1, 0.15) is 51.9 Å². The molecule has 0 saturated carbocycles. The van der Waals surface area contributed by atoms with Crippen LogP contribution < -0.4 is 16.2 Å². The molecule has 1 aromatic rings. The van der Waals surface area contributed by atoms with Crippen LogP contribution in [0.5, 0.6) is 0 Å². The summed E-state index contributed by atoms with van der Waals surface area (Å²) >= 11 is 5.82. The van der Waals surface area contributed by atoms with Gasteiger partial charge < -0.3 is 5.32 Å². The van der Waals surface area contributed by atoms with Gasteiger partial charge in [0.1, 0.15) is 0 Å². The van der Waals surface area contributed by atoms with E-state index in [1.54, 1.807) is 24.3 Å². The minimum absolute atomic E-state index is 0.184. The molecule has 122 valence electrons. The first-order chi connectivity index (χ1) is 10.6. The molecule has 0 atom stereocenters. The molecule has 0 heterocycles. The van der Waals surface area contributed by atoms with Crippen molar-refractivity contribution in [2.24, 2.45) is 0 Å². The Labute approximate surface area is 136 Å². The third-order valence-electron chi connectivity index (χ3n) is 3.16. The van der Waals surface area contributed by atoms with Crippen molar-refractivity contribution in [1.82, 2.24) is 10.9 Å². The van der Waals surface area contributed by atoms with E-state index in [1.807, 2.05) is 0 Å². The van der Waals surface area contributed by atoms with E-state index in [9.17, 15) is 9.59 Å². The van der Waals surface area contributed by atoms with E-state index < -0.39 is 6.03 Å². The van der Waals surface area contributed by atoms with Gasteiger partial charge in [-0.15, -0.1) is 0 Å². The molecule has 0 bridgehead atoms. The Morgan fingerprint density at radius 2 is 1.77 bits per heavy atom. The number of urea groups is 1. The maximum atomic E-state index is 11.6. The molecule has 0 fully saturated rings. The van der Waals surface area contributed by atoms with Gasteiger partial charge in [-0.25, -0.2) is 10.2 Å². The minimum Gasteiger partial charge on any atom is -0.307 e. The van der Waals surface area contributed by atoms with E-state index in [1.165, 1.54) is 19.3 Å². The summed E-state index contributed by atoms with van der Waals surface area (Å²) in [5.74, 6) is -0.184. The molecule has 0 aliphatic carbocycles. The van der Waals surface area contributed by atoms with Crippen molar-refractivity contribution in [3.8, 4) is 0 Å². The first-order valence-corrected chi connectivity index (χ1v) is 8.11. The Morgan fingerprint density at radius 1 is 1.05 bits per heavy atom. The number of hydrazine groups is 1. The molecule has 0 radical (unpaired) electrons. The lowest BCUT2D eigenvalue weighted by molar-refractivity contribution is -0.121. The molecule has 0 spiro atoms. The van der Waals surface area contributed by atoms with Crippen LogP contribution in [0.2, 0.25) is 5.02 Å². The zero-order valence-corrected chi connectivity index (χ0v) is 13.7. The molecule has 0 aliphatic heterocycles. The molecule has 5 nitrogen and oxygen atoms in total. The van der Waals surface area contributed by atoms with Gasteiger partial charge in [0.25, 0.3) is 0 Å².